The zero-order valence-electron chi connectivity index (χ0n) is 20.1. The number of likely N-dealkylation sites (tertiary alicyclic amines) is 1. The number of nitrogens with one attached hydrogen (secondary N) is 1. The van der Waals surface area contributed by atoms with Crippen molar-refractivity contribution in [3.8, 4) is 0 Å². The van der Waals surface area contributed by atoms with Gasteiger partial charge in [-0.1, -0.05) is 36.4 Å². The van der Waals surface area contributed by atoms with Gasteiger partial charge in [0.2, 0.25) is 0 Å². The van der Waals surface area contributed by atoms with Crippen LogP contribution in [0.4, 0.5) is 8.78 Å². The van der Waals surface area contributed by atoms with E-state index in [1.54, 1.807) is 22.7 Å². The minimum Gasteiger partial charge on any atom is -0.298 e. The first-order valence-electron chi connectivity index (χ1n) is 12.6. The van der Waals surface area contributed by atoms with Crippen LogP contribution in [0.15, 0.2) is 59.4 Å². The fourth-order valence-corrected chi connectivity index (χ4v) is 5.59. The number of aromatic nitrogens is 3. The number of hydrogen-bond acceptors (Lipinski definition) is 4. The van der Waals surface area contributed by atoms with Crippen LogP contribution >= 0.6 is 0 Å². The predicted molar refractivity (Wildman–Crippen MR) is 134 cm³/mol. The minimum atomic E-state index is -0.223. The molecule has 1 saturated heterocycles. The fraction of sp³-hybridized carbons (Fsp3) is 0.357. The molecule has 0 amide bonds. The smallest absolute Gasteiger partial charge is 0.277 e. The monoisotopic (exact) mass is 489 g/mol. The van der Waals surface area contributed by atoms with E-state index in [1.165, 1.54) is 12.1 Å². The zero-order valence-corrected chi connectivity index (χ0v) is 20.1. The molecule has 0 saturated carbocycles. The van der Waals surface area contributed by atoms with Crippen LogP contribution in [0.3, 0.4) is 0 Å². The number of aromatic amines is 1. The Kier molecular flexibility index (Phi) is 6.15. The Hall–Kier alpha value is -3.36. The highest BCUT2D eigenvalue weighted by Crippen LogP contribution is 2.28. The minimum absolute atomic E-state index is 0.0847. The van der Waals surface area contributed by atoms with Gasteiger partial charge in [-0.25, -0.2) is 18.3 Å². The number of hydrogen-bond donors (Lipinski definition) is 1. The normalized spacial score (nSPS) is 19.0. The second-order valence-corrected chi connectivity index (χ2v) is 9.97. The van der Waals surface area contributed by atoms with Gasteiger partial charge in [0.05, 0.1) is 11.3 Å². The van der Waals surface area contributed by atoms with Crippen molar-refractivity contribution in [1.82, 2.24) is 24.4 Å². The van der Waals surface area contributed by atoms with Crippen LogP contribution in [-0.4, -0.2) is 44.0 Å². The summed E-state index contributed by atoms with van der Waals surface area (Å²) in [5.74, 6) is -0.170. The van der Waals surface area contributed by atoms with Crippen molar-refractivity contribution < 1.29 is 8.78 Å². The molecule has 2 aromatic heterocycles. The van der Waals surface area contributed by atoms with Crippen LogP contribution < -0.4 is 5.56 Å². The first-order valence-corrected chi connectivity index (χ1v) is 12.6. The molecule has 1 atom stereocenters. The summed E-state index contributed by atoms with van der Waals surface area (Å²) in [5.41, 5.74) is 4.40. The van der Waals surface area contributed by atoms with Gasteiger partial charge in [-0.15, -0.1) is 0 Å². The fourth-order valence-electron chi connectivity index (χ4n) is 5.59. The molecule has 36 heavy (non-hydrogen) atoms. The Morgan fingerprint density at radius 2 is 1.64 bits per heavy atom. The van der Waals surface area contributed by atoms with E-state index in [4.69, 9.17) is 4.98 Å². The number of fused-ring (bicyclic) bond motifs is 2. The number of benzene rings is 2. The van der Waals surface area contributed by atoms with Crippen LogP contribution in [0.2, 0.25) is 0 Å². The lowest BCUT2D eigenvalue weighted by Gasteiger charge is -2.32. The van der Waals surface area contributed by atoms with Crippen LogP contribution in [0.25, 0.3) is 5.65 Å². The third kappa shape index (κ3) is 4.47. The van der Waals surface area contributed by atoms with Crippen molar-refractivity contribution in [2.45, 2.75) is 44.8 Å². The van der Waals surface area contributed by atoms with Gasteiger partial charge in [0.25, 0.3) is 5.56 Å². The zero-order chi connectivity index (χ0) is 24.6. The number of nitrogens with zero attached hydrogens (tertiary/aromatic N) is 4. The Morgan fingerprint density at radius 3 is 2.36 bits per heavy atom. The van der Waals surface area contributed by atoms with Gasteiger partial charge in [-0.2, -0.15) is 0 Å². The molecule has 8 heteroatoms. The summed E-state index contributed by atoms with van der Waals surface area (Å²) in [4.78, 5) is 22.6. The van der Waals surface area contributed by atoms with Crippen LogP contribution in [0.1, 0.15) is 46.8 Å². The molecule has 6 nitrogen and oxygen atoms in total. The number of halogens is 2. The summed E-state index contributed by atoms with van der Waals surface area (Å²) in [6.07, 6.45) is 2.68. The van der Waals surface area contributed by atoms with Crippen molar-refractivity contribution in [3.63, 3.8) is 0 Å². The molecule has 6 rings (SSSR count). The predicted octanol–water partition coefficient (Wildman–Crippen LogP) is 4.24. The van der Waals surface area contributed by atoms with Gasteiger partial charge in [0.1, 0.15) is 11.6 Å². The van der Waals surface area contributed by atoms with Gasteiger partial charge in [-0.05, 0) is 31.5 Å². The SMILES string of the molecule is O=c1c2c(nc3cc([C@H]4CCCN(Cc5ccccc5F)C4)[nH]n13)CCN(Cc1ccccc1F)C2. The molecule has 0 unspecified atom stereocenters. The Morgan fingerprint density at radius 1 is 0.944 bits per heavy atom. The summed E-state index contributed by atoms with van der Waals surface area (Å²) in [7, 11) is 0. The molecule has 2 aromatic carbocycles. The highest BCUT2D eigenvalue weighted by molar-refractivity contribution is 5.43. The molecule has 186 valence electrons. The molecule has 0 spiro atoms. The van der Waals surface area contributed by atoms with E-state index < -0.39 is 0 Å². The maximum Gasteiger partial charge on any atom is 0.277 e. The first kappa shape index (κ1) is 23.1. The van der Waals surface area contributed by atoms with Crippen molar-refractivity contribution in [3.05, 3.63) is 105 Å². The van der Waals surface area contributed by atoms with E-state index in [0.29, 0.717) is 48.4 Å². The Balaban J connectivity index is 1.22. The summed E-state index contributed by atoms with van der Waals surface area (Å²) >= 11 is 0. The second-order valence-electron chi connectivity index (χ2n) is 9.97. The van der Waals surface area contributed by atoms with E-state index in [1.807, 2.05) is 24.3 Å². The average Bonchev–Trinajstić information content (AvgIpc) is 3.32. The number of piperidine rings is 1. The van der Waals surface area contributed by atoms with Crippen LogP contribution in [-0.2, 0) is 26.1 Å². The molecule has 0 bridgehead atoms. The Bertz CT molecular complexity index is 1460. The molecule has 1 fully saturated rings. The maximum absolute atomic E-state index is 14.2. The summed E-state index contributed by atoms with van der Waals surface area (Å²) in [6.45, 7) is 3.95. The van der Waals surface area contributed by atoms with Crippen molar-refractivity contribution in [2.75, 3.05) is 19.6 Å². The number of H-pyrrole nitrogens is 1. The number of rotatable bonds is 5. The third-order valence-electron chi connectivity index (χ3n) is 7.51. The van der Waals surface area contributed by atoms with E-state index in [0.717, 1.165) is 43.9 Å². The molecule has 2 aliphatic rings. The van der Waals surface area contributed by atoms with E-state index >= 15 is 0 Å². The van der Waals surface area contributed by atoms with E-state index in [2.05, 4.69) is 14.9 Å². The highest BCUT2D eigenvalue weighted by atomic mass is 19.1. The van der Waals surface area contributed by atoms with Crippen molar-refractivity contribution in [2.24, 2.45) is 0 Å². The van der Waals surface area contributed by atoms with Gasteiger partial charge in [0, 0.05) is 67.9 Å². The molecule has 4 heterocycles. The topological polar surface area (TPSA) is 56.6 Å². The summed E-state index contributed by atoms with van der Waals surface area (Å²) in [5, 5.41) is 3.32. The standard InChI is InChI=1S/C28H29F2N5O/c29-23-9-3-1-6-19(23)15-33-12-5-8-21(17-33)26-14-27-31-25-11-13-34(16-20-7-2-4-10-24(20)30)18-22(25)28(36)35(27)32-26/h1-4,6-7,9-10,14,21,32H,5,8,11-13,15-18H2/t21-/m0/s1. The van der Waals surface area contributed by atoms with Crippen molar-refractivity contribution in [1.29, 1.82) is 0 Å². The maximum atomic E-state index is 14.2. The molecule has 2 aliphatic heterocycles. The summed E-state index contributed by atoms with van der Waals surface area (Å²) < 4.78 is 29.9. The molecule has 0 aliphatic carbocycles. The lowest BCUT2D eigenvalue weighted by molar-refractivity contribution is 0.196. The molecule has 1 N–H and O–H groups in total. The third-order valence-corrected chi connectivity index (χ3v) is 7.51. The summed E-state index contributed by atoms with van der Waals surface area (Å²) in [6, 6.07) is 15.7. The quantitative estimate of drug-likeness (QED) is 0.456. The van der Waals surface area contributed by atoms with Gasteiger partial charge >= 0.3 is 0 Å². The molecular weight excluding hydrogens is 460 g/mol. The second kappa shape index (κ2) is 9.59. The van der Waals surface area contributed by atoms with Gasteiger partial charge < -0.3 is 0 Å². The van der Waals surface area contributed by atoms with Crippen molar-refractivity contribution >= 4 is 5.65 Å². The lowest BCUT2D eigenvalue weighted by atomic mass is 9.94. The first-order chi connectivity index (χ1) is 17.5. The highest BCUT2D eigenvalue weighted by Gasteiger charge is 2.26. The molecular formula is C28H29F2N5O. The van der Waals surface area contributed by atoms with E-state index in [9.17, 15) is 13.6 Å². The lowest BCUT2D eigenvalue weighted by Crippen LogP contribution is -2.36. The molecule has 0 radical (unpaired) electrons. The van der Waals surface area contributed by atoms with E-state index in [-0.39, 0.29) is 23.1 Å². The van der Waals surface area contributed by atoms with Crippen LogP contribution in [0.5, 0.6) is 0 Å². The van der Waals surface area contributed by atoms with Gasteiger partial charge in [-0.3, -0.25) is 19.7 Å². The molecule has 4 aromatic rings. The average molecular weight is 490 g/mol. The van der Waals surface area contributed by atoms with Crippen LogP contribution in [0, 0.1) is 11.6 Å². The largest absolute Gasteiger partial charge is 0.298 e. The Labute approximate surface area is 208 Å². The van der Waals surface area contributed by atoms with Gasteiger partial charge in [0.15, 0.2) is 5.65 Å².